The first-order chi connectivity index (χ1) is 9.75. The van der Waals surface area contributed by atoms with Gasteiger partial charge in [-0.2, -0.15) is 0 Å². The van der Waals surface area contributed by atoms with Crippen LogP contribution >= 0.6 is 0 Å². The summed E-state index contributed by atoms with van der Waals surface area (Å²) in [6.45, 7) is 4.24. The molecule has 0 aromatic heterocycles. The van der Waals surface area contributed by atoms with Gasteiger partial charge < -0.3 is 15.3 Å². The van der Waals surface area contributed by atoms with Crippen molar-refractivity contribution < 1.29 is 5.11 Å². The maximum atomic E-state index is 9.79. The highest BCUT2D eigenvalue weighted by Gasteiger charge is 2.41. The Morgan fingerprint density at radius 3 is 2.25 bits per heavy atom. The Hall–Kier alpha value is -0.120. The molecule has 0 radical (unpaired) electrons. The molecular weight excluding hydrogens is 248 g/mol. The molecule has 0 saturated heterocycles. The molecule has 116 valence electrons. The second-order valence-electron chi connectivity index (χ2n) is 7.59. The Balaban J connectivity index is 1.49. The van der Waals surface area contributed by atoms with Crippen molar-refractivity contribution in [3.05, 3.63) is 0 Å². The van der Waals surface area contributed by atoms with Gasteiger partial charge in [0.15, 0.2) is 0 Å². The van der Waals surface area contributed by atoms with Gasteiger partial charge in [-0.25, -0.2) is 0 Å². The molecule has 3 aliphatic carbocycles. The van der Waals surface area contributed by atoms with Crippen LogP contribution in [0.1, 0.15) is 51.4 Å². The third kappa shape index (κ3) is 3.55. The monoisotopic (exact) mass is 280 g/mol. The van der Waals surface area contributed by atoms with Crippen LogP contribution in [0.15, 0.2) is 0 Å². The van der Waals surface area contributed by atoms with E-state index >= 15 is 0 Å². The molecule has 0 amide bonds. The lowest BCUT2D eigenvalue weighted by molar-refractivity contribution is 0.116. The fourth-order valence-corrected chi connectivity index (χ4v) is 4.11. The van der Waals surface area contributed by atoms with Crippen LogP contribution < -0.4 is 5.32 Å². The Labute approximate surface area is 124 Å². The quantitative estimate of drug-likeness (QED) is 0.680. The summed E-state index contributed by atoms with van der Waals surface area (Å²) in [7, 11) is 2.03. The Kier molecular flexibility index (Phi) is 4.68. The number of nitrogens with one attached hydrogen (secondary N) is 1. The maximum Gasteiger partial charge on any atom is 0.0615 e. The van der Waals surface area contributed by atoms with E-state index in [2.05, 4.69) is 10.2 Å². The van der Waals surface area contributed by atoms with Crippen molar-refractivity contribution in [1.82, 2.24) is 10.2 Å². The maximum absolute atomic E-state index is 9.79. The summed E-state index contributed by atoms with van der Waals surface area (Å²) in [4.78, 5) is 2.74. The Morgan fingerprint density at radius 2 is 1.75 bits per heavy atom. The standard InChI is InChI=1S/C17H32N2O/c1-18-17(13-20)9-2-3-16(17)8-10-19(11-14-4-5-14)12-15-6-7-15/h14-16,18,20H,2-13H2,1H3. The molecule has 3 rings (SSSR count). The van der Waals surface area contributed by atoms with Crippen molar-refractivity contribution in [2.24, 2.45) is 17.8 Å². The predicted octanol–water partition coefficient (Wildman–Crippen LogP) is 2.25. The molecule has 3 saturated carbocycles. The molecule has 3 heteroatoms. The normalized spacial score (nSPS) is 34.0. The van der Waals surface area contributed by atoms with Crippen LogP contribution in [-0.4, -0.2) is 48.8 Å². The molecule has 0 aromatic rings. The minimum absolute atomic E-state index is 0.0187. The molecule has 0 heterocycles. The van der Waals surface area contributed by atoms with E-state index in [9.17, 15) is 5.11 Å². The van der Waals surface area contributed by atoms with Crippen LogP contribution in [-0.2, 0) is 0 Å². The Bertz CT molecular complexity index is 294. The summed E-state index contributed by atoms with van der Waals surface area (Å²) >= 11 is 0. The largest absolute Gasteiger partial charge is 0.394 e. The minimum Gasteiger partial charge on any atom is -0.394 e. The number of hydrogen-bond donors (Lipinski definition) is 2. The number of aliphatic hydroxyl groups is 1. The summed E-state index contributed by atoms with van der Waals surface area (Å²) < 4.78 is 0. The molecule has 20 heavy (non-hydrogen) atoms. The highest BCUT2D eigenvalue weighted by atomic mass is 16.3. The van der Waals surface area contributed by atoms with E-state index in [-0.39, 0.29) is 5.54 Å². The van der Waals surface area contributed by atoms with Gasteiger partial charge in [0.1, 0.15) is 0 Å². The van der Waals surface area contributed by atoms with Crippen molar-refractivity contribution in [2.45, 2.75) is 56.9 Å². The molecular formula is C17H32N2O. The van der Waals surface area contributed by atoms with Gasteiger partial charge in [0.25, 0.3) is 0 Å². The fourth-order valence-electron chi connectivity index (χ4n) is 4.11. The van der Waals surface area contributed by atoms with Gasteiger partial charge in [0, 0.05) is 18.6 Å². The molecule has 2 unspecified atom stereocenters. The summed E-state index contributed by atoms with van der Waals surface area (Å²) in [5, 5.41) is 13.2. The lowest BCUT2D eigenvalue weighted by atomic mass is 9.85. The van der Waals surface area contributed by atoms with Crippen LogP contribution in [0.2, 0.25) is 0 Å². The summed E-state index contributed by atoms with van der Waals surface area (Å²) in [5.74, 6) is 2.67. The zero-order valence-electron chi connectivity index (χ0n) is 13.1. The van der Waals surface area contributed by atoms with Gasteiger partial charge in [0.05, 0.1) is 6.61 Å². The molecule has 0 aromatic carbocycles. The SMILES string of the molecule is CNC1(CO)CCCC1CCN(CC1CC1)CC1CC1. The van der Waals surface area contributed by atoms with Crippen molar-refractivity contribution in [2.75, 3.05) is 33.3 Å². The molecule has 0 spiro atoms. The summed E-state index contributed by atoms with van der Waals surface area (Å²) in [6.07, 6.45) is 10.8. The van der Waals surface area contributed by atoms with Crippen LogP contribution in [0.4, 0.5) is 0 Å². The fraction of sp³-hybridized carbons (Fsp3) is 1.00. The number of rotatable bonds is 9. The van der Waals surface area contributed by atoms with Crippen molar-refractivity contribution in [1.29, 1.82) is 0 Å². The predicted molar refractivity (Wildman–Crippen MR) is 82.7 cm³/mol. The average Bonchev–Trinajstić information content (AvgIpc) is 3.38. The van der Waals surface area contributed by atoms with E-state index in [1.165, 1.54) is 64.6 Å². The first kappa shape index (κ1) is 14.8. The van der Waals surface area contributed by atoms with Crippen molar-refractivity contribution in [3.63, 3.8) is 0 Å². The first-order valence-corrected chi connectivity index (χ1v) is 8.78. The third-order valence-corrected chi connectivity index (χ3v) is 5.96. The van der Waals surface area contributed by atoms with E-state index in [0.29, 0.717) is 12.5 Å². The number of aliphatic hydroxyl groups excluding tert-OH is 1. The van der Waals surface area contributed by atoms with Gasteiger partial charge in [0.2, 0.25) is 0 Å². The van der Waals surface area contributed by atoms with E-state index in [1.807, 2.05) is 7.05 Å². The molecule has 3 fully saturated rings. The number of nitrogens with zero attached hydrogens (tertiary/aromatic N) is 1. The van der Waals surface area contributed by atoms with Crippen LogP contribution in [0.3, 0.4) is 0 Å². The number of likely N-dealkylation sites (N-methyl/N-ethyl adjacent to an activating group) is 1. The molecule has 0 aliphatic heterocycles. The van der Waals surface area contributed by atoms with Gasteiger partial charge in [-0.05, 0) is 76.3 Å². The molecule has 3 nitrogen and oxygen atoms in total. The van der Waals surface area contributed by atoms with Crippen molar-refractivity contribution in [3.8, 4) is 0 Å². The van der Waals surface area contributed by atoms with Gasteiger partial charge in [-0.1, -0.05) is 6.42 Å². The van der Waals surface area contributed by atoms with Gasteiger partial charge in [-0.3, -0.25) is 0 Å². The summed E-state index contributed by atoms with van der Waals surface area (Å²) in [5.41, 5.74) is 0.0187. The zero-order chi connectivity index (χ0) is 14.0. The molecule has 0 bridgehead atoms. The van der Waals surface area contributed by atoms with E-state index in [4.69, 9.17) is 0 Å². The minimum atomic E-state index is 0.0187. The van der Waals surface area contributed by atoms with E-state index < -0.39 is 0 Å². The number of hydrogen-bond acceptors (Lipinski definition) is 3. The van der Waals surface area contributed by atoms with Crippen LogP contribution in [0.25, 0.3) is 0 Å². The lowest BCUT2D eigenvalue weighted by Crippen LogP contribution is -2.50. The topological polar surface area (TPSA) is 35.5 Å². The second kappa shape index (κ2) is 6.33. The Morgan fingerprint density at radius 1 is 1.10 bits per heavy atom. The third-order valence-electron chi connectivity index (χ3n) is 5.96. The van der Waals surface area contributed by atoms with Gasteiger partial charge in [-0.15, -0.1) is 0 Å². The molecule has 2 N–H and O–H groups in total. The van der Waals surface area contributed by atoms with E-state index in [0.717, 1.165) is 18.3 Å². The smallest absolute Gasteiger partial charge is 0.0615 e. The van der Waals surface area contributed by atoms with Crippen LogP contribution in [0, 0.1) is 17.8 Å². The van der Waals surface area contributed by atoms with E-state index in [1.54, 1.807) is 0 Å². The highest BCUT2D eigenvalue weighted by Crippen LogP contribution is 2.38. The van der Waals surface area contributed by atoms with Crippen molar-refractivity contribution >= 4 is 0 Å². The molecule has 3 aliphatic rings. The highest BCUT2D eigenvalue weighted by molar-refractivity contribution is 4.98. The lowest BCUT2D eigenvalue weighted by Gasteiger charge is -2.35. The second-order valence-corrected chi connectivity index (χ2v) is 7.59. The molecule has 2 atom stereocenters. The van der Waals surface area contributed by atoms with Gasteiger partial charge >= 0.3 is 0 Å². The first-order valence-electron chi connectivity index (χ1n) is 8.78. The van der Waals surface area contributed by atoms with Crippen LogP contribution in [0.5, 0.6) is 0 Å². The zero-order valence-corrected chi connectivity index (χ0v) is 13.1. The average molecular weight is 280 g/mol. The summed E-state index contributed by atoms with van der Waals surface area (Å²) in [6, 6.07) is 0.